The molecule has 1 fully saturated rings. The van der Waals surface area contributed by atoms with E-state index in [1.54, 1.807) is 0 Å². The lowest BCUT2D eigenvalue weighted by Crippen LogP contribution is -2.18. The fourth-order valence-corrected chi connectivity index (χ4v) is 2.90. The second-order valence-electron chi connectivity index (χ2n) is 3.41. The average Bonchev–Trinajstić information content (AvgIpc) is 2.54. The van der Waals surface area contributed by atoms with Crippen molar-refractivity contribution < 1.29 is 4.39 Å². The lowest BCUT2D eigenvalue weighted by molar-refractivity contribution is 0.627. The minimum absolute atomic E-state index is 0.301. The van der Waals surface area contributed by atoms with Crippen molar-refractivity contribution in [1.29, 1.82) is 0 Å². The molecule has 0 amide bonds. The van der Waals surface area contributed by atoms with Crippen LogP contribution < -0.4 is 4.90 Å². The normalized spacial score (nSPS) is 16.4. The lowest BCUT2D eigenvalue weighted by atomic mass is 10.3. The fourth-order valence-electron chi connectivity index (χ4n) is 1.78. The van der Waals surface area contributed by atoms with Crippen molar-refractivity contribution in [1.82, 2.24) is 0 Å². The Bertz CT molecular complexity index is 327. The SMILES string of the molecule is Fc1cc(Cl)c(N2CCCC2)c(Br)c1. The van der Waals surface area contributed by atoms with Crippen LogP contribution in [0.2, 0.25) is 5.02 Å². The van der Waals surface area contributed by atoms with E-state index in [1.807, 2.05) is 0 Å². The monoisotopic (exact) mass is 277 g/mol. The molecule has 1 saturated heterocycles. The van der Waals surface area contributed by atoms with Gasteiger partial charge in [-0.1, -0.05) is 11.6 Å². The van der Waals surface area contributed by atoms with Crippen molar-refractivity contribution in [2.45, 2.75) is 12.8 Å². The first-order valence-electron chi connectivity index (χ1n) is 4.58. The number of hydrogen-bond acceptors (Lipinski definition) is 1. The van der Waals surface area contributed by atoms with E-state index in [4.69, 9.17) is 11.6 Å². The summed E-state index contributed by atoms with van der Waals surface area (Å²) in [5.41, 5.74) is 0.922. The number of hydrogen-bond donors (Lipinski definition) is 0. The molecular weight excluding hydrogens is 268 g/mol. The van der Waals surface area contributed by atoms with Crippen LogP contribution in [0.3, 0.4) is 0 Å². The Morgan fingerprint density at radius 2 is 1.93 bits per heavy atom. The van der Waals surface area contributed by atoms with Crippen molar-refractivity contribution in [3.63, 3.8) is 0 Å². The predicted octanol–water partition coefficient (Wildman–Crippen LogP) is 3.84. The van der Waals surface area contributed by atoms with Crippen LogP contribution in [0, 0.1) is 5.82 Å². The minimum atomic E-state index is -0.301. The van der Waals surface area contributed by atoms with Crippen LogP contribution >= 0.6 is 27.5 Å². The molecule has 1 nitrogen and oxygen atoms in total. The largest absolute Gasteiger partial charge is 0.369 e. The third-order valence-corrected chi connectivity index (χ3v) is 3.30. The number of rotatable bonds is 1. The van der Waals surface area contributed by atoms with Crippen molar-refractivity contribution in [2.75, 3.05) is 18.0 Å². The Morgan fingerprint density at radius 1 is 1.29 bits per heavy atom. The van der Waals surface area contributed by atoms with Crippen LogP contribution in [0.25, 0.3) is 0 Å². The molecule has 0 aliphatic carbocycles. The van der Waals surface area contributed by atoms with Gasteiger partial charge in [0.1, 0.15) is 5.82 Å². The van der Waals surface area contributed by atoms with Crippen LogP contribution in [0.4, 0.5) is 10.1 Å². The van der Waals surface area contributed by atoms with Crippen LogP contribution in [-0.4, -0.2) is 13.1 Å². The van der Waals surface area contributed by atoms with E-state index in [0.29, 0.717) is 5.02 Å². The van der Waals surface area contributed by atoms with Crippen LogP contribution in [0.15, 0.2) is 16.6 Å². The number of nitrogens with zero attached hydrogens (tertiary/aromatic N) is 1. The van der Waals surface area contributed by atoms with E-state index in [9.17, 15) is 4.39 Å². The van der Waals surface area contributed by atoms with Crippen molar-refractivity contribution >= 4 is 33.2 Å². The molecule has 0 spiro atoms. The zero-order valence-corrected chi connectivity index (χ0v) is 9.91. The highest BCUT2D eigenvalue weighted by Gasteiger charge is 2.18. The molecule has 0 atom stereocenters. The van der Waals surface area contributed by atoms with Gasteiger partial charge >= 0.3 is 0 Å². The molecule has 1 aliphatic rings. The maximum atomic E-state index is 13.0. The summed E-state index contributed by atoms with van der Waals surface area (Å²) < 4.78 is 13.7. The van der Waals surface area contributed by atoms with Gasteiger partial charge in [-0.15, -0.1) is 0 Å². The van der Waals surface area contributed by atoms with Gasteiger partial charge in [-0.25, -0.2) is 4.39 Å². The fraction of sp³-hybridized carbons (Fsp3) is 0.400. The Morgan fingerprint density at radius 3 is 2.50 bits per heavy atom. The molecule has 4 heteroatoms. The molecule has 1 aliphatic heterocycles. The van der Waals surface area contributed by atoms with E-state index in [0.717, 1.165) is 23.2 Å². The summed E-state index contributed by atoms with van der Waals surface area (Å²) in [6.07, 6.45) is 2.36. The first-order valence-corrected chi connectivity index (χ1v) is 5.75. The molecule has 0 aromatic heterocycles. The summed E-state index contributed by atoms with van der Waals surface area (Å²) >= 11 is 9.35. The molecule has 1 heterocycles. The highest BCUT2D eigenvalue weighted by Crippen LogP contribution is 2.36. The first-order chi connectivity index (χ1) is 6.68. The van der Waals surface area contributed by atoms with Crippen molar-refractivity contribution in [2.24, 2.45) is 0 Å². The topological polar surface area (TPSA) is 3.24 Å². The summed E-state index contributed by atoms with van der Waals surface area (Å²) in [6.45, 7) is 2.01. The summed E-state index contributed by atoms with van der Waals surface area (Å²) in [4.78, 5) is 2.19. The molecular formula is C10H10BrClFN. The summed E-state index contributed by atoms with van der Waals surface area (Å²) in [5, 5.41) is 0.485. The Hall–Kier alpha value is -0.280. The van der Waals surface area contributed by atoms with Crippen molar-refractivity contribution in [3.05, 3.63) is 27.4 Å². The summed E-state index contributed by atoms with van der Waals surface area (Å²) in [6, 6.07) is 2.82. The Balaban J connectivity index is 2.40. The van der Waals surface area contributed by atoms with Crippen LogP contribution in [0.1, 0.15) is 12.8 Å². The van der Waals surface area contributed by atoms with Crippen molar-refractivity contribution in [3.8, 4) is 0 Å². The maximum Gasteiger partial charge on any atom is 0.125 e. The molecule has 0 bridgehead atoms. The van der Waals surface area contributed by atoms with Gasteiger partial charge in [-0.2, -0.15) is 0 Å². The van der Waals surface area contributed by atoms with E-state index >= 15 is 0 Å². The number of benzene rings is 1. The second kappa shape index (κ2) is 4.07. The minimum Gasteiger partial charge on any atom is -0.369 e. The summed E-state index contributed by atoms with van der Waals surface area (Å²) in [5.74, 6) is -0.301. The standard InChI is InChI=1S/C10H10BrClFN/c11-8-5-7(13)6-9(12)10(8)14-3-1-2-4-14/h5-6H,1-4H2. The predicted molar refractivity (Wildman–Crippen MR) is 60.6 cm³/mol. The highest BCUT2D eigenvalue weighted by atomic mass is 79.9. The Labute approximate surface area is 96.0 Å². The van der Waals surface area contributed by atoms with Gasteiger partial charge < -0.3 is 4.90 Å². The van der Waals surface area contributed by atoms with Gasteiger partial charge in [0, 0.05) is 17.6 Å². The highest BCUT2D eigenvalue weighted by molar-refractivity contribution is 9.10. The third-order valence-electron chi connectivity index (χ3n) is 2.40. The third kappa shape index (κ3) is 1.89. The van der Waals surface area contributed by atoms with Gasteiger partial charge in [-0.05, 0) is 40.9 Å². The molecule has 1 aromatic carbocycles. The van der Waals surface area contributed by atoms with Gasteiger partial charge in [0.2, 0.25) is 0 Å². The van der Waals surface area contributed by atoms with Crippen LogP contribution in [-0.2, 0) is 0 Å². The molecule has 0 N–H and O–H groups in total. The van der Waals surface area contributed by atoms with E-state index in [1.165, 1.54) is 25.0 Å². The molecule has 1 aromatic rings. The zero-order chi connectivity index (χ0) is 10.1. The molecule has 0 unspecified atom stereocenters. The van der Waals surface area contributed by atoms with Gasteiger partial charge in [0.15, 0.2) is 0 Å². The van der Waals surface area contributed by atoms with E-state index in [2.05, 4.69) is 20.8 Å². The first kappa shape index (κ1) is 10.2. The van der Waals surface area contributed by atoms with E-state index < -0.39 is 0 Å². The molecule has 0 saturated carbocycles. The zero-order valence-electron chi connectivity index (χ0n) is 7.56. The number of halogens is 3. The lowest BCUT2D eigenvalue weighted by Gasteiger charge is -2.20. The quantitative estimate of drug-likeness (QED) is 0.754. The summed E-state index contributed by atoms with van der Waals surface area (Å²) in [7, 11) is 0. The van der Waals surface area contributed by atoms with Gasteiger partial charge in [0.05, 0.1) is 10.7 Å². The van der Waals surface area contributed by atoms with Crippen LogP contribution in [0.5, 0.6) is 0 Å². The smallest absolute Gasteiger partial charge is 0.125 e. The molecule has 76 valence electrons. The molecule has 0 radical (unpaired) electrons. The molecule has 2 rings (SSSR count). The van der Waals surface area contributed by atoms with Gasteiger partial charge in [0.25, 0.3) is 0 Å². The average molecular weight is 279 g/mol. The number of anilines is 1. The Kier molecular flexibility index (Phi) is 2.98. The molecule has 14 heavy (non-hydrogen) atoms. The second-order valence-corrected chi connectivity index (χ2v) is 4.67. The van der Waals surface area contributed by atoms with E-state index in [-0.39, 0.29) is 5.82 Å². The maximum absolute atomic E-state index is 13.0. The van der Waals surface area contributed by atoms with Gasteiger partial charge in [-0.3, -0.25) is 0 Å².